The predicted octanol–water partition coefficient (Wildman–Crippen LogP) is 3.35. The van der Waals surface area contributed by atoms with Crippen molar-refractivity contribution in [2.75, 3.05) is 13.7 Å². The first-order valence-electron chi connectivity index (χ1n) is 6.17. The summed E-state index contributed by atoms with van der Waals surface area (Å²) in [6, 6.07) is 0. The van der Waals surface area contributed by atoms with Gasteiger partial charge < -0.3 is 9.16 Å². The van der Waals surface area contributed by atoms with E-state index in [4.69, 9.17) is 9.16 Å². The number of hydrogen-bond acceptors (Lipinski definition) is 3. The molecule has 0 aromatic rings. The van der Waals surface area contributed by atoms with E-state index in [0.717, 1.165) is 12.8 Å². The summed E-state index contributed by atoms with van der Waals surface area (Å²) < 4.78 is 10.7. The van der Waals surface area contributed by atoms with E-state index in [1.165, 1.54) is 12.8 Å². The summed E-state index contributed by atoms with van der Waals surface area (Å²) in [6.07, 6.45) is 4.53. The number of carbonyl (C=O) groups is 1. The van der Waals surface area contributed by atoms with Crippen molar-refractivity contribution in [2.45, 2.75) is 58.2 Å². The molecular formula is C12H26O3Si. The molecule has 1 unspecified atom stereocenters. The summed E-state index contributed by atoms with van der Waals surface area (Å²) in [5.41, 5.74) is -0.0938. The van der Waals surface area contributed by atoms with Crippen LogP contribution in [0.1, 0.15) is 39.5 Å². The first kappa shape index (κ1) is 15.6. The number of ether oxygens (including phenoxy) is 1. The van der Waals surface area contributed by atoms with Gasteiger partial charge in [-0.3, -0.25) is 4.79 Å². The van der Waals surface area contributed by atoms with Crippen LogP contribution in [0.25, 0.3) is 0 Å². The minimum atomic E-state index is -1.89. The summed E-state index contributed by atoms with van der Waals surface area (Å²) in [6.45, 7) is 8.70. The van der Waals surface area contributed by atoms with Gasteiger partial charge in [-0.15, -0.1) is 0 Å². The zero-order chi connectivity index (χ0) is 12.6. The molecular weight excluding hydrogens is 220 g/mol. The lowest BCUT2D eigenvalue weighted by atomic mass is 10.2. The highest BCUT2D eigenvalue weighted by molar-refractivity contribution is 6.75. The van der Waals surface area contributed by atoms with Crippen LogP contribution >= 0.6 is 0 Å². The van der Waals surface area contributed by atoms with Crippen molar-refractivity contribution in [3.8, 4) is 0 Å². The molecule has 0 aromatic carbocycles. The molecule has 0 amide bonds. The third-order valence-electron chi connectivity index (χ3n) is 3.16. The van der Waals surface area contributed by atoms with Crippen LogP contribution in [0.15, 0.2) is 0 Å². The van der Waals surface area contributed by atoms with E-state index >= 15 is 0 Å². The average Bonchev–Trinajstić information content (AvgIpc) is 2.27. The van der Waals surface area contributed by atoms with Crippen molar-refractivity contribution >= 4 is 14.3 Å². The summed E-state index contributed by atoms with van der Waals surface area (Å²) in [4.78, 5) is 11.7. The van der Waals surface area contributed by atoms with Crippen molar-refractivity contribution in [1.82, 2.24) is 0 Å². The van der Waals surface area contributed by atoms with Gasteiger partial charge in [0.2, 0.25) is 0 Å². The lowest BCUT2D eigenvalue weighted by Crippen LogP contribution is -2.38. The van der Waals surface area contributed by atoms with E-state index in [-0.39, 0.29) is 11.5 Å². The Hall–Kier alpha value is -0.353. The SMILES string of the molecule is CCCCCCOC(=O)C(C)[Si](C)(C)OC. The van der Waals surface area contributed by atoms with E-state index in [0.29, 0.717) is 6.61 Å². The molecule has 0 aliphatic carbocycles. The van der Waals surface area contributed by atoms with Crippen LogP contribution in [0.5, 0.6) is 0 Å². The number of carbonyl (C=O) groups excluding carboxylic acids is 1. The van der Waals surface area contributed by atoms with Crippen molar-refractivity contribution in [3.05, 3.63) is 0 Å². The molecule has 0 fully saturated rings. The Morgan fingerprint density at radius 3 is 2.38 bits per heavy atom. The maximum absolute atomic E-state index is 11.7. The van der Waals surface area contributed by atoms with Gasteiger partial charge in [-0.1, -0.05) is 33.1 Å². The van der Waals surface area contributed by atoms with Crippen LogP contribution < -0.4 is 0 Å². The highest BCUT2D eigenvalue weighted by Gasteiger charge is 2.35. The summed E-state index contributed by atoms with van der Waals surface area (Å²) in [7, 11) is -0.216. The smallest absolute Gasteiger partial charge is 0.308 e. The molecule has 0 heterocycles. The molecule has 0 rings (SSSR count). The molecule has 0 aliphatic heterocycles. The standard InChI is InChI=1S/C12H26O3Si/c1-6-7-8-9-10-15-12(13)11(2)16(4,5)14-3/h11H,6-10H2,1-5H3. The second-order valence-electron chi connectivity index (χ2n) is 4.76. The fourth-order valence-electron chi connectivity index (χ4n) is 1.29. The molecule has 0 saturated heterocycles. The Kier molecular flexibility index (Phi) is 7.67. The summed E-state index contributed by atoms with van der Waals surface area (Å²) in [5.74, 6) is -0.102. The molecule has 0 spiro atoms. The average molecular weight is 246 g/mol. The second kappa shape index (κ2) is 7.85. The Morgan fingerprint density at radius 2 is 1.88 bits per heavy atom. The normalized spacial score (nSPS) is 13.6. The topological polar surface area (TPSA) is 35.5 Å². The first-order chi connectivity index (χ1) is 7.45. The molecule has 0 aromatic heterocycles. The van der Waals surface area contributed by atoms with Gasteiger partial charge in [-0.05, 0) is 19.5 Å². The Labute approximate surface area is 101 Å². The second-order valence-corrected chi connectivity index (χ2v) is 9.24. The third-order valence-corrected chi connectivity index (χ3v) is 6.54. The number of esters is 1. The highest BCUT2D eigenvalue weighted by atomic mass is 28.4. The number of unbranched alkanes of at least 4 members (excludes halogenated alkanes) is 3. The van der Waals surface area contributed by atoms with Gasteiger partial charge in [0.25, 0.3) is 0 Å². The number of rotatable bonds is 8. The van der Waals surface area contributed by atoms with Crippen molar-refractivity contribution in [1.29, 1.82) is 0 Å². The van der Waals surface area contributed by atoms with E-state index < -0.39 is 8.32 Å². The van der Waals surface area contributed by atoms with Crippen molar-refractivity contribution < 1.29 is 14.0 Å². The molecule has 3 nitrogen and oxygen atoms in total. The molecule has 96 valence electrons. The van der Waals surface area contributed by atoms with Crippen LogP contribution in [0.2, 0.25) is 18.6 Å². The summed E-state index contributed by atoms with van der Waals surface area (Å²) in [5, 5.41) is 0. The van der Waals surface area contributed by atoms with E-state index in [9.17, 15) is 4.79 Å². The zero-order valence-corrected chi connectivity index (χ0v) is 12.3. The lowest BCUT2D eigenvalue weighted by molar-refractivity contribution is -0.143. The van der Waals surface area contributed by atoms with Gasteiger partial charge >= 0.3 is 5.97 Å². The Balaban J connectivity index is 3.80. The van der Waals surface area contributed by atoms with Gasteiger partial charge in [0.15, 0.2) is 8.32 Å². The highest BCUT2D eigenvalue weighted by Crippen LogP contribution is 2.23. The molecule has 4 heteroatoms. The van der Waals surface area contributed by atoms with Gasteiger partial charge in [0, 0.05) is 7.11 Å². The van der Waals surface area contributed by atoms with Crippen LogP contribution in [-0.2, 0) is 14.0 Å². The minimum Gasteiger partial charge on any atom is -0.466 e. The Morgan fingerprint density at radius 1 is 1.25 bits per heavy atom. The molecule has 0 aliphatic rings. The van der Waals surface area contributed by atoms with Crippen LogP contribution in [0, 0.1) is 0 Å². The largest absolute Gasteiger partial charge is 0.466 e. The monoisotopic (exact) mass is 246 g/mol. The Bertz CT molecular complexity index is 204. The van der Waals surface area contributed by atoms with Crippen molar-refractivity contribution in [2.24, 2.45) is 0 Å². The van der Waals surface area contributed by atoms with Gasteiger partial charge in [-0.25, -0.2) is 0 Å². The molecule has 1 atom stereocenters. The predicted molar refractivity (Wildman–Crippen MR) is 69.0 cm³/mol. The van der Waals surface area contributed by atoms with Crippen LogP contribution in [0.4, 0.5) is 0 Å². The maximum atomic E-state index is 11.7. The molecule has 0 saturated carbocycles. The van der Waals surface area contributed by atoms with Gasteiger partial charge in [-0.2, -0.15) is 0 Å². The van der Waals surface area contributed by atoms with E-state index in [2.05, 4.69) is 6.92 Å². The third kappa shape index (κ3) is 5.65. The summed E-state index contributed by atoms with van der Waals surface area (Å²) >= 11 is 0. The minimum absolute atomic E-state index is 0.0938. The molecule has 16 heavy (non-hydrogen) atoms. The fourth-order valence-corrected chi connectivity index (χ4v) is 2.29. The van der Waals surface area contributed by atoms with Crippen molar-refractivity contribution in [3.63, 3.8) is 0 Å². The van der Waals surface area contributed by atoms with E-state index in [1.54, 1.807) is 7.11 Å². The maximum Gasteiger partial charge on any atom is 0.308 e. The quantitative estimate of drug-likeness (QED) is 0.374. The molecule has 0 N–H and O–H groups in total. The molecule has 0 bridgehead atoms. The molecule has 0 radical (unpaired) electrons. The fraction of sp³-hybridized carbons (Fsp3) is 0.917. The number of hydrogen-bond donors (Lipinski definition) is 0. The van der Waals surface area contributed by atoms with Crippen LogP contribution in [0.3, 0.4) is 0 Å². The van der Waals surface area contributed by atoms with Gasteiger partial charge in [0.05, 0.1) is 12.1 Å². The van der Waals surface area contributed by atoms with Gasteiger partial charge in [0.1, 0.15) is 0 Å². The zero-order valence-electron chi connectivity index (χ0n) is 11.3. The first-order valence-corrected chi connectivity index (χ1v) is 9.16. The lowest BCUT2D eigenvalue weighted by Gasteiger charge is -2.25. The van der Waals surface area contributed by atoms with E-state index in [1.807, 2.05) is 20.0 Å². The van der Waals surface area contributed by atoms with Crippen LogP contribution in [-0.4, -0.2) is 28.0 Å².